The van der Waals surface area contributed by atoms with Gasteiger partial charge in [0.2, 0.25) is 11.6 Å². The highest BCUT2D eigenvalue weighted by atomic mass is 79.9. The number of benzene rings is 2. The summed E-state index contributed by atoms with van der Waals surface area (Å²) in [4.78, 5) is 10.3. The van der Waals surface area contributed by atoms with Crippen LogP contribution >= 0.6 is 27.5 Å². The molecule has 0 aliphatic heterocycles. The fraction of sp³-hybridized carbons (Fsp3) is 0.0769. The first kappa shape index (κ1) is 15.7. The van der Waals surface area contributed by atoms with Gasteiger partial charge < -0.3 is 4.74 Å². The molecule has 0 spiro atoms. The van der Waals surface area contributed by atoms with E-state index < -0.39 is 22.3 Å². The molecule has 0 radical (unpaired) electrons. The number of hydrogen-bond acceptors (Lipinski definition) is 3. The predicted molar refractivity (Wildman–Crippen MR) is 76.8 cm³/mol. The summed E-state index contributed by atoms with van der Waals surface area (Å²) in [6.45, 7) is 0. The van der Waals surface area contributed by atoms with Gasteiger partial charge in [-0.25, -0.2) is 4.39 Å². The number of ether oxygens (including phenoxy) is 1. The summed E-state index contributed by atoms with van der Waals surface area (Å²) >= 11 is 8.60. The molecule has 0 saturated carbocycles. The maximum Gasteiger partial charge on any atom is 0.311 e. The Bertz CT molecular complexity index is 712. The Morgan fingerprint density at radius 3 is 2.57 bits per heavy atom. The van der Waals surface area contributed by atoms with Crippen molar-refractivity contribution >= 4 is 33.2 Å². The monoisotopic (exact) mass is 377 g/mol. The van der Waals surface area contributed by atoms with Gasteiger partial charge in [0.1, 0.15) is 0 Å². The zero-order chi connectivity index (χ0) is 15.6. The fourth-order valence-electron chi connectivity index (χ4n) is 1.60. The molecule has 0 unspecified atom stereocenters. The number of nitro benzene ring substituents is 1. The van der Waals surface area contributed by atoms with Gasteiger partial charge in [-0.3, -0.25) is 10.1 Å². The van der Waals surface area contributed by atoms with Crippen LogP contribution in [0.25, 0.3) is 0 Å². The van der Waals surface area contributed by atoms with E-state index in [0.29, 0.717) is 5.56 Å². The van der Waals surface area contributed by atoms with Gasteiger partial charge in [0.15, 0.2) is 11.6 Å². The zero-order valence-electron chi connectivity index (χ0n) is 10.3. The molecule has 4 nitrogen and oxygen atoms in total. The van der Waals surface area contributed by atoms with E-state index in [2.05, 4.69) is 15.9 Å². The van der Waals surface area contributed by atoms with Gasteiger partial charge >= 0.3 is 5.69 Å². The van der Waals surface area contributed by atoms with Crippen LogP contribution in [0.5, 0.6) is 11.5 Å². The van der Waals surface area contributed by atoms with Crippen molar-refractivity contribution in [3.8, 4) is 11.5 Å². The molecular weight excluding hydrogens is 372 g/mol. The van der Waals surface area contributed by atoms with E-state index in [1.54, 1.807) is 0 Å². The van der Waals surface area contributed by atoms with E-state index in [9.17, 15) is 18.9 Å². The molecule has 0 bridgehead atoms. The summed E-state index contributed by atoms with van der Waals surface area (Å²) in [5, 5.41) is 11.0. The summed E-state index contributed by atoms with van der Waals surface area (Å²) in [5.41, 5.74) is 0.129. The molecule has 0 amide bonds. The Morgan fingerprint density at radius 1 is 1.24 bits per heavy atom. The van der Waals surface area contributed by atoms with Gasteiger partial charge in [-0.05, 0) is 23.8 Å². The quantitative estimate of drug-likeness (QED) is 0.319. The van der Waals surface area contributed by atoms with Crippen LogP contribution < -0.4 is 4.74 Å². The van der Waals surface area contributed by atoms with Crippen molar-refractivity contribution in [2.45, 2.75) is 5.88 Å². The first-order valence-corrected chi connectivity index (χ1v) is 6.91. The molecule has 2 rings (SSSR count). The third-order valence-corrected chi connectivity index (χ3v) is 3.32. The van der Waals surface area contributed by atoms with Crippen LogP contribution in [-0.2, 0) is 5.88 Å². The Balaban J connectivity index is 2.47. The van der Waals surface area contributed by atoms with Crippen LogP contribution in [0.4, 0.5) is 14.5 Å². The second kappa shape index (κ2) is 6.36. The first-order chi connectivity index (χ1) is 9.92. The molecule has 0 heterocycles. The van der Waals surface area contributed by atoms with E-state index in [1.807, 2.05) is 0 Å². The SMILES string of the molecule is O=[N+]([O-])c1cc(CCl)ccc1Oc1cc(Br)cc(F)c1F. The number of nitro groups is 1. The van der Waals surface area contributed by atoms with Crippen LogP contribution in [0.15, 0.2) is 34.8 Å². The van der Waals surface area contributed by atoms with Crippen molar-refractivity contribution in [2.75, 3.05) is 0 Å². The number of rotatable bonds is 4. The molecule has 21 heavy (non-hydrogen) atoms. The van der Waals surface area contributed by atoms with Crippen molar-refractivity contribution in [3.63, 3.8) is 0 Å². The van der Waals surface area contributed by atoms with E-state index in [-0.39, 0.29) is 21.8 Å². The van der Waals surface area contributed by atoms with Crippen LogP contribution in [0.2, 0.25) is 0 Å². The lowest BCUT2D eigenvalue weighted by molar-refractivity contribution is -0.385. The second-order valence-corrected chi connectivity index (χ2v) is 5.18. The summed E-state index contributed by atoms with van der Waals surface area (Å²) in [5.74, 6) is -2.93. The van der Waals surface area contributed by atoms with Gasteiger partial charge in [-0.2, -0.15) is 4.39 Å². The summed E-state index contributed by atoms with van der Waals surface area (Å²) in [7, 11) is 0. The minimum Gasteiger partial charge on any atom is -0.447 e. The largest absolute Gasteiger partial charge is 0.447 e. The standard InChI is InChI=1S/C13H7BrClF2NO3/c14-8-4-9(16)13(17)12(5-8)21-11-2-1-7(6-15)3-10(11)18(19)20/h1-5H,6H2. The maximum absolute atomic E-state index is 13.6. The van der Waals surface area contributed by atoms with E-state index >= 15 is 0 Å². The average Bonchev–Trinajstić information content (AvgIpc) is 2.44. The maximum atomic E-state index is 13.6. The van der Waals surface area contributed by atoms with E-state index in [1.165, 1.54) is 24.3 Å². The third-order valence-electron chi connectivity index (χ3n) is 2.55. The minimum atomic E-state index is -1.23. The minimum absolute atomic E-state index is 0.0843. The average molecular weight is 379 g/mol. The van der Waals surface area contributed by atoms with Crippen LogP contribution in [0, 0.1) is 21.7 Å². The van der Waals surface area contributed by atoms with Crippen molar-refractivity contribution in [1.82, 2.24) is 0 Å². The summed E-state index contributed by atoms with van der Waals surface area (Å²) in [6.07, 6.45) is 0. The Hall–Kier alpha value is -1.73. The van der Waals surface area contributed by atoms with E-state index in [4.69, 9.17) is 16.3 Å². The lowest BCUT2D eigenvalue weighted by atomic mass is 10.2. The highest BCUT2D eigenvalue weighted by Crippen LogP contribution is 2.35. The van der Waals surface area contributed by atoms with Crippen LogP contribution in [0.1, 0.15) is 5.56 Å². The molecule has 0 aromatic heterocycles. The van der Waals surface area contributed by atoms with Crippen molar-refractivity contribution in [2.24, 2.45) is 0 Å². The van der Waals surface area contributed by atoms with Crippen molar-refractivity contribution in [3.05, 3.63) is 62.1 Å². The molecule has 8 heteroatoms. The second-order valence-electron chi connectivity index (χ2n) is 3.99. The van der Waals surface area contributed by atoms with Gasteiger partial charge in [-0.15, -0.1) is 11.6 Å². The van der Waals surface area contributed by atoms with Gasteiger partial charge in [0.25, 0.3) is 0 Å². The number of halogens is 4. The predicted octanol–water partition coefficient (Wildman–Crippen LogP) is 5.17. The lowest BCUT2D eigenvalue weighted by Crippen LogP contribution is -1.97. The summed E-state index contributed by atoms with van der Waals surface area (Å²) < 4.78 is 32.3. The van der Waals surface area contributed by atoms with Gasteiger partial charge in [0.05, 0.1) is 4.92 Å². The van der Waals surface area contributed by atoms with Crippen LogP contribution in [-0.4, -0.2) is 4.92 Å². The van der Waals surface area contributed by atoms with Crippen molar-refractivity contribution < 1.29 is 18.4 Å². The van der Waals surface area contributed by atoms with E-state index in [0.717, 1.165) is 6.07 Å². The molecule has 2 aromatic carbocycles. The molecule has 2 aromatic rings. The molecular formula is C13H7BrClF2NO3. The lowest BCUT2D eigenvalue weighted by Gasteiger charge is -2.09. The van der Waals surface area contributed by atoms with Crippen molar-refractivity contribution in [1.29, 1.82) is 0 Å². The Labute approximate surface area is 131 Å². The molecule has 0 N–H and O–H groups in total. The molecule has 110 valence electrons. The number of nitrogens with zero attached hydrogens (tertiary/aromatic N) is 1. The zero-order valence-corrected chi connectivity index (χ0v) is 12.6. The Morgan fingerprint density at radius 2 is 1.95 bits per heavy atom. The summed E-state index contributed by atoms with van der Waals surface area (Å²) in [6, 6.07) is 6.11. The first-order valence-electron chi connectivity index (χ1n) is 5.58. The number of hydrogen-bond donors (Lipinski definition) is 0. The number of alkyl halides is 1. The Kier molecular flexibility index (Phi) is 4.74. The molecule has 0 atom stereocenters. The molecule has 0 aliphatic carbocycles. The molecule has 0 saturated heterocycles. The van der Waals surface area contributed by atoms with Crippen LogP contribution in [0.3, 0.4) is 0 Å². The third kappa shape index (κ3) is 3.48. The normalized spacial score (nSPS) is 10.5. The molecule has 0 aliphatic rings. The highest BCUT2D eigenvalue weighted by Gasteiger charge is 2.19. The topological polar surface area (TPSA) is 52.4 Å². The molecule has 0 fully saturated rings. The van der Waals surface area contributed by atoms with Gasteiger partial charge in [-0.1, -0.05) is 22.0 Å². The highest BCUT2D eigenvalue weighted by molar-refractivity contribution is 9.10. The smallest absolute Gasteiger partial charge is 0.311 e. The fourth-order valence-corrected chi connectivity index (χ4v) is 2.18. The van der Waals surface area contributed by atoms with Gasteiger partial charge in [0, 0.05) is 16.4 Å².